The molecule has 0 rings (SSSR count). The lowest BCUT2D eigenvalue weighted by molar-refractivity contribution is -0.137. The van der Waals surface area contributed by atoms with Crippen LogP contribution in [0.5, 0.6) is 0 Å². The molecule has 0 aromatic heterocycles. The largest absolute Gasteiger partial charge is 0.463 e. The summed E-state index contributed by atoms with van der Waals surface area (Å²) >= 11 is 6.86. The van der Waals surface area contributed by atoms with Gasteiger partial charge >= 0.3 is 5.97 Å². The fourth-order valence-corrected chi connectivity index (χ4v) is 6.81. The van der Waals surface area contributed by atoms with E-state index in [-0.39, 0.29) is 5.97 Å². The van der Waals surface area contributed by atoms with Crippen molar-refractivity contribution in [2.75, 3.05) is 6.61 Å². The molecule has 0 bridgehead atoms. The number of allylic oxidation sites excluding steroid dienone is 1. The van der Waals surface area contributed by atoms with Gasteiger partial charge in [-0.05, 0) is 31.5 Å². The van der Waals surface area contributed by atoms with Gasteiger partial charge in [0.15, 0.2) is 7.38 Å². The average Bonchev–Trinajstić information content (AvgIpc) is 2.40. The van der Waals surface area contributed by atoms with Crippen LogP contribution < -0.4 is 0 Å². The van der Waals surface area contributed by atoms with Gasteiger partial charge in [-0.15, -0.1) is 0 Å². The van der Waals surface area contributed by atoms with Gasteiger partial charge in [0.2, 0.25) is 0 Å². The van der Waals surface area contributed by atoms with Crippen LogP contribution in [0, 0.1) is 0 Å². The van der Waals surface area contributed by atoms with Crippen LogP contribution >= 0.6 is 11.1 Å². The molecule has 0 aliphatic carbocycles. The molecule has 0 saturated carbocycles. The summed E-state index contributed by atoms with van der Waals surface area (Å²) in [5, 5.41) is 0. The molecule has 0 radical (unpaired) electrons. The molecule has 0 saturated heterocycles. The van der Waals surface area contributed by atoms with Crippen molar-refractivity contribution in [1.82, 2.24) is 0 Å². The second kappa shape index (κ2) is 11.5. The Bertz CT molecular complexity index is 259. The molecule has 0 amide bonds. The average molecular weight is 305 g/mol. The van der Waals surface area contributed by atoms with E-state index in [0.29, 0.717) is 6.61 Å². The van der Waals surface area contributed by atoms with Gasteiger partial charge in [-0.2, -0.15) is 11.1 Å². The van der Waals surface area contributed by atoms with E-state index in [2.05, 4.69) is 13.8 Å². The summed E-state index contributed by atoms with van der Waals surface area (Å²) in [6.45, 7) is 6.74. The van der Waals surface area contributed by atoms with Crippen molar-refractivity contribution in [1.29, 1.82) is 0 Å². The molecule has 0 aliphatic heterocycles. The molecule has 0 heterocycles. The summed E-state index contributed by atoms with van der Waals surface area (Å²) in [6, 6.07) is 3.47. The number of esters is 1. The van der Waals surface area contributed by atoms with Gasteiger partial charge in [-0.3, -0.25) is 0 Å². The van der Waals surface area contributed by atoms with Crippen LogP contribution in [0.3, 0.4) is 0 Å². The van der Waals surface area contributed by atoms with E-state index in [0.717, 1.165) is 12.5 Å². The Morgan fingerprint density at radius 1 is 1.11 bits per heavy atom. The van der Waals surface area contributed by atoms with Crippen molar-refractivity contribution in [3.63, 3.8) is 0 Å². The maximum atomic E-state index is 11.2. The summed E-state index contributed by atoms with van der Waals surface area (Å²) in [5.41, 5.74) is 0. The van der Waals surface area contributed by atoms with Gasteiger partial charge in [0.1, 0.15) is 0 Å². The molecule has 0 unspecified atom stereocenters. The molecule has 19 heavy (non-hydrogen) atoms. The standard InChI is InChI=1S/C15H29ClO2Si/c1-4-7-12-19(16,13-8-5-2)14-9-11-18-15(17)10-6-3/h6,10H,4-5,7-9,11-14H2,1-3H3. The van der Waals surface area contributed by atoms with Crippen LogP contribution in [-0.4, -0.2) is 20.0 Å². The van der Waals surface area contributed by atoms with Gasteiger partial charge in [0, 0.05) is 6.08 Å². The smallest absolute Gasteiger partial charge is 0.330 e. The zero-order chi connectivity index (χ0) is 14.6. The summed E-state index contributed by atoms with van der Waals surface area (Å²) < 4.78 is 5.12. The number of carbonyl (C=O) groups is 1. The van der Waals surface area contributed by atoms with Crippen molar-refractivity contribution >= 4 is 24.4 Å². The third-order valence-electron chi connectivity index (χ3n) is 3.27. The van der Waals surface area contributed by atoms with Gasteiger partial charge in [-0.25, -0.2) is 4.79 Å². The van der Waals surface area contributed by atoms with E-state index in [4.69, 9.17) is 15.8 Å². The first-order valence-corrected chi connectivity index (χ1v) is 11.2. The maximum Gasteiger partial charge on any atom is 0.330 e. The predicted octanol–water partition coefficient (Wildman–Crippen LogP) is 5.28. The van der Waals surface area contributed by atoms with Crippen LogP contribution in [0.2, 0.25) is 18.1 Å². The van der Waals surface area contributed by atoms with Crippen LogP contribution in [-0.2, 0) is 9.53 Å². The number of hydrogen-bond acceptors (Lipinski definition) is 2. The molecule has 0 aromatic rings. The van der Waals surface area contributed by atoms with Crippen molar-refractivity contribution in [3.8, 4) is 0 Å². The van der Waals surface area contributed by atoms with E-state index in [1.54, 1.807) is 6.08 Å². The molecule has 0 spiro atoms. The Kier molecular flexibility index (Phi) is 11.4. The van der Waals surface area contributed by atoms with Crippen molar-refractivity contribution in [2.45, 2.75) is 71.0 Å². The third kappa shape index (κ3) is 10.2. The summed E-state index contributed by atoms with van der Waals surface area (Å²) in [6.07, 6.45) is 8.96. The summed E-state index contributed by atoms with van der Waals surface area (Å²) in [4.78, 5) is 11.2. The second-order valence-electron chi connectivity index (χ2n) is 5.13. The van der Waals surface area contributed by atoms with Crippen LogP contribution in [0.15, 0.2) is 12.2 Å². The van der Waals surface area contributed by atoms with Crippen molar-refractivity contribution < 1.29 is 9.53 Å². The number of ether oxygens (including phenoxy) is 1. The number of halogens is 1. The Labute approximate surface area is 124 Å². The molecule has 2 nitrogen and oxygen atoms in total. The van der Waals surface area contributed by atoms with E-state index in [1.807, 2.05) is 6.92 Å². The van der Waals surface area contributed by atoms with Crippen molar-refractivity contribution in [2.24, 2.45) is 0 Å². The quantitative estimate of drug-likeness (QED) is 0.171. The normalized spacial score (nSPS) is 12.0. The fraction of sp³-hybridized carbons (Fsp3) is 0.800. The van der Waals surface area contributed by atoms with Gasteiger partial charge in [0.25, 0.3) is 0 Å². The zero-order valence-electron chi connectivity index (χ0n) is 12.7. The molecular weight excluding hydrogens is 276 g/mol. The van der Waals surface area contributed by atoms with Crippen LogP contribution in [0.1, 0.15) is 52.9 Å². The van der Waals surface area contributed by atoms with E-state index >= 15 is 0 Å². The Hall–Kier alpha value is -0.283. The first kappa shape index (κ1) is 18.7. The second-order valence-corrected chi connectivity index (χ2v) is 11.3. The lowest BCUT2D eigenvalue weighted by atomic mass is 10.4. The highest BCUT2D eigenvalue weighted by atomic mass is 35.6. The Balaban J connectivity index is 4.00. The molecule has 0 atom stereocenters. The summed E-state index contributed by atoms with van der Waals surface area (Å²) in [5.74, 6) is -0.244. The Morgan fingerprint density at radius 2 is 1.63 bits per heavy atom. The highest BCUT2D eigenvalue weighted by molar-refractivity contribution is 7.20. The minimum absolute atomic E-state index is 0.244. The topological polar surface area (TPSA) is 26.3 Å². The molecular formula is C15H29ClO2Si. The van der Waals surface area contributed by atoms with Gasteiger partial charge in [-0.1, -0.05) is 45.6 Å². The highest BCUT2D eigenvalue weighted by Gasteiger charge is 2.28. The number of rotatable bonds is 11. The first-order chi connectivity index (χ1) is 9.08. The van der Waals surface area contributed by atoms with Crippen LogP contribution in [0.25, 0.3) is 0 Å². The minimum atomic E-state index is -1.62. The van der Waals surface area contributed by atoms with E-state index in [1.165, 1.54) is 43.8 Å². The minimum Gasteiger partial charge on any atom is -0.463 e. The molecule has 0 N–H and O–H groups in total. The lowest BCUT2D eigenvalue weighted by Gasteiger charge is -2.24. The fourth-order valence-electron chi connectivity index (χ4n) is 2.11. The number of hydrogen-bond donors (Lipinski definition) is 0. The number of unbranched alkanes of at least 4 members (excludes halogenated alkanes) is 2. The summed E-state index contributed by atoms with van der Waals surface area (Å²) in [7, 11) is -1.62. The lowest BCUT2D eigenvalue weighted by Crippen LogP contribution is -2.27. The third-order valence-corrected chi connectivity index (χ3v) is 8.72. The number of carbonyl (C=O) groups excluding carboxylic acids is 1. The molecule has 112 valence electrons. The predicted molar refractivity (Wildman–Crippen MR) is 86.2 cm³/mol. The van der Waals surface area contributed by atoms with Gasteiger partial charge in [0.05, 0.1) is 6.61 Å². The molecule has 0 fully saturated rings. The highest BCUT2D eigenvalue weighted by Crippen LogP contribution is 2.31. The van der Waals surface area contributed by atoms with Crippen molar-refractivity contribution in [3.05, 3.63) is 12.2 Å². The first-order valence-electron chi connectivity index (χ1n) is 7.56. The van der Waals surface area contributed by atoms with Gasteiger partial charge < -0.3 is 4.74 Å². The monoisotopic (exact) mass is 304 g/mol. The molecule has 0 aromatic carbocycles. The molecule has 0 aliphatic rings. The van der Waals surface area contributed by atoms with E-state index < -0.39 is 7.38 Å². The maximum absolute atomic E-state index is 11.2. The Morgan fingerprint density at radius 3 is 2.11 bits per heavy atom. The zero-order valence-corrected chi connectivity index (χ0v) is 14.5. The molecule has 4 heteroatoms. The van der Waals surface area contributed by atoms with E-state index in [9.17, 15) is 4.79 Å². The van der Waals surface area contributed by atoms with Crippen LogP contribution in [0.4, 0.5) is 0 Å². The SMILES string of the molecule is CC=CC(=O)OCCC[Si](Cl)(CCCC)CCCC.